The normalized spacial score (nSPS) is 11.1. The first-order valence-corrected chi connectivity index (χ1v) is 9.26. The van der Waals surface area contributed by atoms with Crippen molar-refractivity contribution in [1.82, 2.24) is 0 Å². The molecule has 1 nitrogen and oxygen atoms in total. The maximum absolute atomic E-state index is 9.75. The van der Waals surface area contributed by atoms with Crippen molar-refractivity contribution in [3.8, 4) is 22.4 Å². The fourth-order valence-electron chi connectivity index (χ4n) is 3.12. The van der Waals surface area contributed by atoms with Crippen molar-refractivity contribution in [3.05, 3.63) is 78.5 Å². The van der Waals surface area contributed by atoms with Gasteiger partial charge in [0.25, 0.3) is 0 Å². The number of hydrogen-bond donors (Lipinski definition) is 0. The van der Waals surface area contributed by atoms with Crippen LogP contribution in [0.1, 0.15) is 32.4 Å². The lowest BCUT2D eigenvalue weighted by molar-refractivity contribution is -0.691. The highest BCUT2D eigenvalue weighted by molar-refractivity contribution is 6.50. The molecule has 0 aliphatic carbocycles. The second-order valence-corrected chi connectivity index (χ2v) is 6.68. The molecule has 3 rings (SSSR count). The van der Waals surface area contributed by atoms with Gasteiger partial charge in [0, 0.05) is 23.6 Å². The summed E-state index contributed by atoms with van der Waals surface area (Å²) >= 11 is 0. The molecule has 2 aromatic carbocycles. The molecule has 0 saturated heterocycles. The van der Waals surface area contributed by atoms with E-state index in [1.807, 2.05) is 0 Å². The Morgan fingerprint density at radius 1 is 0.750 bits per heavy atom. The fourth-order valence-corrected chi connectivity index (χ4v) is 3.12. The smallest absolute Gasteiger partial charge is 0.418 e. The van der Waals surface area contributed by atoms with E-state index < -0.39 is 7.25 Å². The molecule has 1 aromatic heterocycles. The summed E-state index contributed by atoms with van der Waals surface area (Å²) in [5, 5.41) is 0. The zero-order valence-corrected chi connectivity index (χ0v) is 16.2. The minimum Gasteiger partial charge on any atom is -0.418 e. The number of aromatic nitrogens is 1. The van der Waals surface area contributed by atoms with E-state index >= 15 is 0 Å². The highest BCUT2D eigenvalue weighted by Gasteiger charge is 2.22. The molecule has 0 aliphatic heterocycles. The molecule has 0 fully saturated rings. The lowest BCUT2D eigenvalue weighted by atomic mass is 9.98. The summed E-state index contributed by atoms with van der Waals surface area (Å²) in [5.74, 6) is 0.487. The molecular formula is C22H24BF4N. The molecular weight excluding hydrogens is 365 g/mol. The summed E-state index contributed by atoms with van der Waals surface area (Å²) in [6, 6.07) is 26.0. The average molecular weight is 389 g/mol. The average Bonchev–Trinajstić information content (AvgIpc) is 2.67. The van der Waals surface area contributed by atoms with Crippen LogP contribution in [0, 0.1) is 0 Å². The highest BCUT2D eigenvalue weighted by atomic mass is 19.5. The van der Waals surface area contributed by atoms with Crippen LogP contribution in [-0.4, -0.2) is 7.25 Å². The Bertz CT molecular complexity index is 872. The number of nitrogens with zero attached hydrogens (tertiary/aromatic N) is 1. The maximum Gasteiger partial charge on any atom is 0.673 e. The van der Waals surface area contributed by atoms with Crippen molar-refractivity contribution in [2.75, 3.05) is 0 Å². The first kappa shape index (κ1) is 21.7. The van der Waals surface area contributed by atoms with Gasteiger partial charge in [0.15, 0.2) is 5.69 Å². The number of halogens is 4. The molecule has 0 amide bonds. The van der Waals surface area contributed by atoms with Gasteiger partial charge < -0.3 is 17.3 Å². The quantitative estimate of drug-likeness (QED) is 0.264. The van der Waals surface area contributed by atoms with E-state index in [2.05, 4.69) is 98.1 Å². The van der Waals surface area contributed by atoms with Crippen LogP contribution in [0.4, 0.5) is 17.3 Å². The number of rotatable bonds is 4. The standard InChI is InChI=1S/C22H24N.BF4/c1-4-23-21(17(2)3)15-20(18-11-7-5-8-12-18)16-22(23)19-13-9-6-10-14-19;2-1(3,4)5/h5-17H,4H2,1-3H3;/q+1;-1. The summed E-state index contributed by atoms with van der Waals surface area (Å²) in [6.45, 7) is 7.74. The highest BCUT2D eigenvalue weighted by Crippen LogP contribution is 2.27. The molecule has 148 valence electrons. The third-order valence-corrected chi connectivity index (χ3v) is 4.28. The molecule has 0 spiro atoms. The Morgan fingerprint density at radius 2 is 1.21 bits per heavy atom. The van der Waals surface area contributed by atoms with E-state index in [0.717, 1.165) is 6.54 Å². The van der Waals surface area contributed by atoms with Gasteiger partial charge in [-0.2, -0.15) is 4.57 Å². The van der Waals surface area contributed by atoms with E-state index in [1.54, 1.807) is 0 Å². The first-order chi connectivity index (χ1) is 13.2. The molecule has 28 heavy (non-hydrogen) atoms. The van der Waals surface area contributed by atoms with Crippen molar-refractivity contribution in [1.29, 1.82) is 0 Å². The number of hydrogen-bond acceptors (Lipinski definition) is 0. The third kappa shape index (κ3) is 6.22. The molecule has 0 bridgehead atoms. The SMILES string of the molecule is CC[n+]1c(-c2ccccc2)cc(-c2ccccc2)cc1C(C)C.F[B-](F)(F)F. The van der Waals surface area contributed by atoms with Gasteiger partial charge in [0.1, 0.15) is 6.54 Å². The van der Waals surface area contributed by atoms with E-state index in [1.165, 1.54) is 28.1 Å². The van der Waals surface area contributed by atoms with Crippen LogP contribution in [0.15, 0.2) is 72.8 Å². The van der Waals surface area contributed by atoms with Crippen molar-refractivity contribution in [2.45, 2.75) is 33.2 Å². The van der Waals surface area contributed by atoms with Gasteiger partial charge in [-0.25, -0.2) is 0 Å². The van der Waals surface area contributed by atoms with Gasteiger partial charge in [0.2, 0.25) is 5.69 Å². The number of benzene rings is 2. The Balaban J connectivity index is 0.000000500. The Labute approximate surface area is 163 Å². The van der Waals surface area contributed by atoms with Crippen molar-refractivity contribution in [2.24, 2.45) is 0 Å². The molecule has 0 aliphatic rings. The monoisotopic (exact) mass is 389 g/mol. The zero-order chi connectivity index (χ0) is 20.7. The second-order valence-electron chi connectivity index (χ2n) is 6.68. The van der Waals surface area contributed by atoms with Gasteiger partial charge in [0.05, 0.1) is 0 Å². The first-order valence-electron chi connectivity index (χ1n) is 9.26. The molecule has 3 aromatic rings. The predicted octanol–water partition coefficient (Wildman–Crippen LogP) is 6.75. The topological polar surface area (TPSA) is 3.88 Å². The van der Waals surface area contributed by atoms with E-state index in [4.69, 9.17) is 0 Å². The molecule has 1 heterocycles. The van der Waals surface area contributed by atoms with Crippen LogP contribution < -0.4 is 4.57 Å². The minimum atomic E-state index is -6.00. The van der Waals surface area contributed by atoms with Crippen molar-refractivity contribution >= 4 is 7.25 Å². The van der Waals surface area contributed by atoms with Gasteiger partial charge >= 0.3 is 7.25 Å². The van der Waals surface area contributed by atoms with Crippen LogP contribution >= 0.6 is 0 Å². The molecule has 6 heteroatoms. The van der Waals surface area contributed by atoms with Crippen LogP contribution in [0.2, 0.25) is 0 Å². The summed E-state index contributed by atoms with van der Waals surface area (Å²) in [4.78, 5) is 0. The van der Waals surface area contributed by atoms with Gasteiger partial charge in [-0.1, -0.05) is 62.4 Å². The Hall–Kier alpha value is -2.63. The summed E-state index contributed by atoms with van der Waals surface area (Å²) in [5.41, 5.74) is 6.51. The summed E-state index contributed by atoms with van der Waals surface area (Å²) in [7, 11) is -6.00. The molecule has 0 unspecified atom stereocenters. The van der Waals surface area contributed by atoms with Crippen molar-refractivity contribution < 1.29 is 21.8 Å². The zero-order valence-electron chi connectivity index (χ0n) is 16.2. The van der Waals surface area contributed by atoms with E-state index in [0.29, 0.717) is 5.92 Å². The lowest BCUT2D eigenvalue weighted by Crippen LogP contribution is -2.40. The lowest BCUT2D eigenvalue weighted by Gasteiger charge is -2.13. The Kier molecular flexibility index (Phi) is 7.38. The van der Waals surface area contributed by atoms with Crippen molar-refractivity contribution in [3.63, 3.8) is 0 Å². The molecule has 0 radical (unpaired) electrons. The number of pyridine rings is 1. The summed E-state index contributed by atoms with van der Waals surface area (Å²) in [6.07, 6.45) is 0. The van der Waals surface area contributed by atoms with E-state index in [-0.39, 0.29) is 0 Å². The fraction of sp³-hybridized carbons (Fsp3) is 0.227. The maximum atomic E-state index is 9.75. The van der Waals surface area contributed by atoms with Crippen LogP contribution in [0.5, 0.6) is 0 Å². The minimum absolute atomic E-state index is 0.487. The predicted molar refractivity (Wildman–Crippen MR) is 107 cm³/mol. The molecule has 0 N–H and O–H groups in total. The van der Waals surface area contributed by atoms with Crippen LogP contribution in [0.3, 0.4) is 0 Å². The second kappa shape index (κ2) is 9.53. The summed E-state index contributed by atoms with van der Waals surface area (Å²) < 4.78 is 41.4. The molecule has 0 saturated carbocycles. The third-order valence-electron chi connectivity index (χ3n) is 4.28. The van der Waals surface area contributed by atoms with Crippen LogP contribution in [-0.2, 0) is 6.54 Å². The molecule has 0 atom stereocenters. The van der Waals surface area contributed by atoms with E-state index in [9.17, 15) is 17.3 Å². The van der Waals surface area contributed by atoms with Gasteiger partial charge in [-0.3, -0.25) is 0 Å². The van der Waals surface area contributed by atoms with Gasteiger partial charge in [-0.05, 0) is 30.2 Å². The largest absolute Gasteiger partial charge is 0.673 e. The van der Waals surface area contributed by atoms with Gasteiger partial charge in [-0.15, -0.1) is 0 Å². The van der Waals surface area contributed by atoms with Crippen LogP contribution in [0.25, 0.3) is 22.4 Å². The Morgan fingerprint density at radius 3 is 1.64 bits per heavy atom.